The highest BCUT2D eigenvalue weighted by molar-refractivity contribution is 6.07. The smallest absolute Gasteiger partial charge is 0.338 e. The van der Waals surface area contributed by atoms with Crippen LogP contribution in [0.4, 0.5) is 20.2 Å². The Labute approximate surface area is 240 Å². The molecule has 1 fully saturated rings. The molecule has 0 unspecified atom stereocenters. The molecular formula is C32H28F2N4O4. The Balaban J connectivity index is 1.36. The molecule has 0 spiro atoms. The Kier molecular flexibility index (Phi) is 8.63. The molecule has 1 aliphatic rings. The average molecular weight is 571 g/mol. The molecule has 0 bridgehead atoms. The number of hydrogen-bond donors (Lipinski definition) is 3. The normalized spacial score (nSPS) is 13.0. The van der Waals surface area contributed by atoms with Crippen LogP contribution in [0.1, 0.15) is 62.3 Å². The summed E-state index contributed by atoms with van der Waals surface area (Å²) in [6, 6.07) is 16.4. The minimum Gasteiger partial charge on any atom is -0.459 e. The minimum absolute atomic E-state index is 0.0128. The Morgan fingerprint density at radius 3 is 2.29 bits per heavy atom. The summed E-state index contributed by atoms with van der Waals surface area (Å²) in [5.74, 6) is -3.08. The number of halogens is 2. The summed E-state index contributed by atoms with van der Waals surface area (Å²) >= 11 is 0. The van der Waals surface area contributed by atoms with E-state index in [4.69, 9.17) is 10.5 Å². The first-order chi connectivity index (χ1) is 20.3. The third-order valence-corrected chi connectivity index (χ3v) is 7.07. The van der Waals surface area contributed by atoms with Crippen molar-refractivity contribution in [3.8, 4) is 11.1 Å². The number of anilines is 2. The van der Waals surface area contributed by atoms with Gasteiger partial charge in [0.2, 0.25) is 0 Å². The van der Waals surface area contributed by atoms with Crippen LogP contribution < -0.4 is 16.4 Å². The van der Waals surface area contributed by atoms with Gasteiger partial charge in [-0.2, -0.15) is 0 Å². The second kappa shape index (κ2) is 12.7. The quantitative estimate of drug-likeness (QED) is 0.220. The summed E-state index contributed by atoms with van der Waals surface area (Å²) in [6.07, 6.45) is 5.81. The van der Waals surface area contributed by atoms with E-state index >= 15 is 0 Å². The van der Waals surface area contributed by atoms with Gasteiger partial charge in [0, 0.05) is 23.9 Å². The van der Waals surface area contributed by atoms with Gasteiger partial charge < -0.3 is 21.1 Å². The van der Waals surface area contributed by atoms with Gasteiger partial charge >= 0.3 is 5.97 Å². The zero-order valence-corrected chi connectivity index (χ0v) is 22.5. The van der Waals surface area contributed by atoms with Gasteiger partial charge in [0.15, 0.2) is 5.82 Å². The van der Waals surface area contributed by atoms with Crippen LogP contribution in [0.2, 0.25) is 0 Å². The number of nitrogens with one attached hydrogen (secondary N) is 2. The summed E-state index contributed by atoms with van der Waals surface area (Å²) in [4.78, 5) is 42.3. The summed E-state index contributed by atoms with van der Waals surface area (Å²) in [6.45, 7) is 0.154. The Hall–Kier alpha value is -4.96. The van der Waals surface area contributed by atoms with Gasteiger partial charge in [0.1, 0.15) is 11.9 Å². The average Bonchev–Trinajstić information content (AvgIpc) is 3.52. The molecule has 1 saturated carbocycles. The van der Waals surface area contributed by atoms with Crippen molar-refractivity contribution in [2.45, 2.75) is 38.3 Å². The fraction of sp³-hybridized carbons (Fsp3) is 0.188. The van der Waals surface area contributed by atoms with Crippen molar-refractivity contribution in [3.63, 3.8) is 0 Å². The van der Waals surface area contributed by atoms with Gasteiger partial charge in [-0.05, 0) is 90.9 Å². The third-order valence-electron chi connectivity index (χ3n) is 7.07. The summed E-state index contributed by atoms with van der Waals surface area (Å²) < 4.78 is 34.1. The van der Waals surface area contributed by atoms with Gasteiger partial charge in [-0.1, -0.05) is 18.2 Å². The molecule has 0 saturated heterocycles. The van der Waals surface area contributed by atoms with Crippen LogP contribution in [0.5, 0.6) is 0 Å². The zero-order valence-electron chi connectivity index (χ0n) is 22.5. The second-order valence-corrected chi connectivity index (χ2v) is 9.93. The topological polar surface area (TPSA) is 123 Å². The van der Waals surface area contributed by atoms with E-state index in [-0.39, 0.29) is 40.7 Å². The lowest BCUT2D eigenvalue weighted by Crippen LogP contribution is -2.17. The molecule has 8 nitrogen and oxygen atoms in total. The van der Waals surface area contributed by atoms with Crippen molar-refractivity contribution in [1.29, 1.82) is 0 Å². The molecule has 42 heavy (non-hydrogen) atoms. The summed E-state index contributed by atoms with van der Waals surface area (Å²) in [5, 5.41) is 5.05. The highest BCUT2D eigenvalue weighted by Crippen LogP contribution is 2.28. The molecule has 1 heterocycles. The lowest BCUT2D eigenvalue weighted by Gasteiger charge is -2.14. The lowest BCUT2D eigenvalue weighted by atomic mass is 9.95. The van der Waals surface area contributed by atoms with Crippen molar-refractivity contribution in [3.05, 3.63) is 113 Å². The molecule has 0 atom stereocenters. The predicted molar refractivity (Wildman–Crippen MR) is 154 cm³/mol. The van der Waals surface area contributed by atoms with Gasteiger partial charge in [0.25, 0.3) is 11.8 Å². The van der Waals surface area contributed by atoms with Crippen LogP contribution in [-0.2, 0) is 11.3 Å². The first kappa shape index (κ1) is 28.6. The summed E-state index contributed by atoms with van der Waals surface area (Å²) in [7, 11) is 0. The maximum Gasteiger partial charge on any atom is 0.338 e. The number of amides is 2. The number of carbonyl (C=O) groups is 3. The van der Waals surface area contributed by atoms with E-state index in [1.807, 2.05) is 0 Å². The van der Waals surface area contributed by atoms with E-state index in [2.05, 4.69) is 15.6 Å². The fourth-order valence-electron chi connectivity index (χ4n) is 4.83. The van der Waals surface area contributed by atoms with Crippen LogP contribution in [-0.4, -0.2) is 28.9 Å². The number of nitrogens with two attached hydrogens (primary N) is 1. The highest BCUT2D eigenvalue weighted by atomic mass is 19.1. The highest BCUT2D eigenvalue weighted by Gasteiger charge is 2.21. The van der Waals surface area contributed by atoms with E-state index in [1.54, 1.807) is 42.5 Å². The molecule has 0 radical (unpaired) electrons. The molecular weight excluding hydrogens is 542 g/mol. The fourth-order valence-corrected chi connectivity index (χ4v) is 4.83. The summed E-state index contributed by atoms with van der Waals surface area (Å²) in [5.41, 5.74) is 8.26. The van der Waals surface area contributed by atoms with Crippen molar-refractivity contribution in [2.75, 3.05) is 10.6 Å². The molecule has 5 rings (SSSR count). The number of rotatable bonds is 8. The Morgan fingerprint density at radius 1 is 0.833 bits per heavy atom. The first-order valence-electron chi connectivity index (χ1n) is 13.5. The van der Waals surface area contributed by atoms with E-state index in [0.29, 0.717) is 16.7 Å². The van der Waals surface area contributed by atoms with E-state index in [0.717, 1.165) is 37.9 Å². The van der Waals surface area contributed by atoms with Crippen LogP contribution in [0.3, 0.4) is 0 Å². The van der Waals surface area contributed by atoms with E-state index in [9.17, 15) is 23.2 Å². The number of carbonyl (C=O) groups excluding carboxylic acids is 3. The largest absolute Gasteiger partial charge is 0.459 e. The zero-order chi connectivity index (χ0) is 29.6. The monoisotopic (exact) mass is 570 g/mol. The molecule has 3 aromatic carbocycles. The maximum absolute atomic E-state index is 14.6. The molecule has 214 valence electrons. The Morgan fingerprint density at radius 2 is 1.55 bits per heavy atom. The number of pyridine rings is 1. The number of benzene rings is 3. The van der Waals surface area contributed by atoms with Crippen molar-refractivity contribution in [1.82, 2.24) is 4.98 Å². The van der Waals surface area contributed by atoms with Crippen molar-refractivity contribution in [2.24, 2.45) is 5.73 Å². The van der Waals surface area contributed by atoms with Gasteiger partial charge in [-0.15, -0.1) is 0 Å². The predicted octanol–water partition coefficient (Wildman–Crippen LogP) is 6.09. The standard InChI is InChI=1S/C32H28F2N4O4/c33-26-11-10-22(32(41)42-24-6-1-2-7-24)16-29(26)38-30(39)20-5-3-4-19(14-20)25-15-21(8-9-23(25)17-35)31(40)37-28-12-13-36-18-27(28)34/h3-5,8-16,18,24H,1-2,6-7,17,35H2,(H,38,39)(H,36,37,40). The third kappa shape index (κ3) is 6.50. The molecule has 4 aromatic rings. The van der Waals surface area contributed by atoms with Gasteiger partial charge in [-0.25, -0.2) is 13.6 Å². The number of esters is 1. The molecule has 4 N–H and O–H groups in total. The number of nitrogens with zero attached hydrogens (tertiary/aromatic N) is 1. The van der Waals surface area contributed by atoms with Crippen LogP contribution in [0.25, 0.3) is 11.1 Å². The van der Waals surface area contributed by atoms with Crippen LogP contribution in [0, 0.1) is 11.6 Å². The number of ether oxygens (including phenoxy) is 1. The van der Waals surface area contributed by atoms with Crippen LogP contribution >= 0.6 is 0 Å². The lowest BCUT2D eigenvalue weighted by molar-refractivity contribution is 0.0317. The van der Waals surface area contributed by atoms with E-state index in [1.165, 1.54) is 24.4 Å². The SMILES string of the molecule is NCc1ccc(C(=O)Nc2ccncc2F)cc1-c1cccc(C(=O)Nc2cc(C(=O)OC3CCCC3)ccc2F)c1. The number of hydrogen-bond acceptors (Lipinski definition) is 6. The first-order valence-corrected chi connectivity index (χ1v) is 13.5. The van der Waals surface area contributed by atoms with Crippen molar-refractivity contribution >= 4 is 29.2 Å². The minimum atomic E-state index is -0.702. The van der Waals surface area contributed by atoms with Crippen molar-refractivity contribution < 1.29 is 27.9 Å². The molecule has 2 amide bonds. The Bertz CT molecular complexity index is 1650. The van der Waals surface area contributed by atoms with Gasteiger partial charge in [-0.3, -0.25) is 14.6 Å². The van der Waals surface area contributed by atoms with Gasteiger partial charge in [0.05, 0.1) is 23.1 Å². The molecule has 1 aliphatic carbocycles. The number of aromatic nitrogens is 1. The maximum atomic E-state index is 14.6. The van der Waals surface area contributed by atoms with Crippen LogP contribution in [0.15, 0.2) is 79.1 Å². The second-order valence-electron chi connectivity index (χ2n) is 9.93. The van der Waals surface area contributed by atoms with E-state index < -0.39 is 29.4 Å². The molecule has 0 aliphatic heterocycles. The molecule has 1 aromatic heterocycles. The molecule has 10 heteroatoms.